The quantitative estimate of drug-likeness (QED) is 0.901. The van der Waals surface area contributed by atoms with Crippen LogP contribution in [0.25, 0.3) is 0 Å². The molecule has 2 amide bonds. The molecule has 0 spiro atoms. The maximum Gasteiger partial charge on any atom is 0.323 e. The highest BCUT2D eigenvalue weighted by Crippen LogP contribution is 2.40. The van der Waals surface area contributed by atoms with Crippen molar-refractivity contribution in [3.05, 3.63) is 47.3 Å². The molecule has 2 atom stereocenters. The van der Waals surface area contributed by atoms with Crippen molar-refractivity contribution in [3.8, 4) is 0 Å². The van der Waals surface area contributed by atoms with Crippen molar-refractivity contribution < 1.29 is 9.21 Å². The Bertz CT molecular complexity index is 602. The smallest absolute Gasteiger partial charge is 0.323 e. The maximum atomic E-state index is 11.8. The molecule has 1 aliphatic rings. The molecule has 0 radical (unpaired) electrons. The van der Waals surface area contributed by atoms with E-state index in [4.69, 9.17) is 4.42 Å². The van der Waals surface area contributed by atoms with Gasteiger partial charge in [-0.3, -0.25) is 5.32 Å². The van der Waals surface area contributed by atoms with Crippen molar-refractivity contribution in [2.75, 3.05) is 5.32 Å². The first-order chi connectivity index (χ1) is 9.63. The van der Waals surface area contributed by atoms with Gasteiger partial charge in [-0.05, 0) is 25.8 Å². The third kappa shape index (κ3) is 2.66. The molecule has 1 heterocycles. The number of amides is 2. The number of benzene rings is 1. The predicted molar refractivity (Wildman–Crippen MR) is 75.7 cm³/mol. The van der Waals surface area contributed by atoms with Crippen molar-refractivity contribution in [1.29, 1.82) is 0 Å². The van der Waals surface area contributed by atoms with Gasteiger partial charge in [0.05, 0.1) is 5.69 Å². The molecule has 0 saturated heterocycles. The molecule has 0 aliphatic heterocycles. The molecule has 2 N–H and O–H groups in total. The van der Waals surface area contributed by atoms with Crippen LogP contribution in [0.15, 0.2) is 34.7 Å². The lowest BCUT2D eigenvalue weighted by Crippen LogP contribution is -2.31. The number of oxazole rings is 1. The molecule has 5 nitrogen and oxygen atoms in total. The number of anilines is 1. The molecule has 3 rings (SSSR count). The average molecular weight is 271 g/mol. The number of nitrogens with one attached hydrogen (secondary N) is 2. The summed E-state index contributed by atoms with van der Waals surface area (Å²) in [6, 6.07) is 10.4. The van der Waals surface area contributed by atoms with Crippen LogP contribution in [0.5, 0.6) is 0 Å². The van der Waals surface area contributed by atoms with E-state index in [0.29, 0.717) is 11.7 Å². The fourth-order valence-electron chi connectivity index (χ4n) is 2.25. The zero-order chi connectivity index (χ0) is 14.1. The molecule has 5 heteroatoms. The van der Waals surface area contributed by atoms with E-state index in [-0.39, 0.29) is 18.1 Å². The van der Waals surface area contributed by atoms with Gasteiger partial charge in [0.1, 0.15) is 5.76 Å². The number of aromatic nitrogens is 1. The normalized spacial score (nSPS) is 20.5. The Kier molecular flexibility index (Phi) is 3.18. The Labute approximate surface area is 117 Å². The Morgan fingerprint density at radius 2 is 2.05 bits per heavy atom. The second-order valence-electron chi connectivity index (χ2n) is 5.12. The minimum Gasteiger partial charge on any atom is -0.428 e. The molecule has 2 aromatic rings. The lowest BCUT2D eigenvalue weighted by atomic mass is 10.1. The number of rotatable bonds is 3. The summed E-state index contributed by atoms with van der Waals surface area (Å²) in [4.78, 5) is 16.0. The Morgan fingerprint density at radius 1 is 1.30 bits per heavy atom. The van der Waals surface area contributed by atoms with Crippen LogP contribution >= 0.6 is 0 Å². The van der Waals surface area contributed by atoms with Crippen molar-refractivity contribution in [2.45, 2.75) is 32.2 Å². The summed E-state index contributed by atoms with van der Waals surface area (Å²) in [6.07, 6.45) is 0.973. The van der Waals surface area contributed by atoms with Crippen molar-refractivity contribution >= 4 is 12.0 Å². The van der Waals surface area contributed by atoms with Gasteiger partial charge in [-0.1, -0.05) is 30.3 Å². The first-order valence-corrected chi connectivity index (χ1v) is 6.70. The van der Waals surface area contributed by atoms with Gasteiger partial charge in [-0.25, -0.2) is 4.79 Å². The van der Waals surface area contributed by atoms with Crippen LogP contribution < -0.4 is 10.6 Å². The van der Waals surface area contributed by atoms with Gasteiger partial charge in [0.2, 0.25) is 0 Å². The highest BCUT2D eigenvalue weighted by atomic mass is 16.4. The molecule has 1 aliphatic carbocycles. The van der Waals surface area contributed by atoms with Gasteiger partial charge in [0.25, 0.3) is 0 Å². The number of aryl methyl sites for hydroxylation is 2. The number of carbonyl (C=O) groups is 1. The van der Waals surface area contributed by atoms with E-state index in [2.05, 4.69) is 27.8 Å². The van der Waals surface area contributed by atoms with Crippen molar-refractivity contribution in [2.24, 2.45) is 0 Å². The summed E-state index contributed by atoms with van der Waals surface area (Å²) in [6.45, 7) is 3.66. The second-order valence-corrected chi connectivity index (χ2v) is 5.12. The summed E-state index contributed by atoms with van der Waals surface area (Å²) in [7, 11) is 0. The SMILES string of the molecule is Cc1nc(NC(=O)NC2CC2c2ccccc2)oc1C. The summed E-state index contributed by atoms with van der Waals surface area (Å²) < 4.78 is 5.32. The van der Waals surface area contributed by atoms with E-state index in [0.717, 1.165) is 12.1 Å². The first kappa shape index (κ1) is 12.7. The van der Waals surface area contributed by atoms with Crippen LogP contribution in [0.2, 0.25) is 0 Å². The summed E-state index contributed by atoms with van der Waals surface area (Å²) in [5, 5.41) is 5.55. The zero-order valence-corrected chi connectivity index (χ0v) is 11.5. The summed E-state index contributed by atoms with van der Waals surface area (Å²) >= 11 is 0. The molecule has 2 unspecified atom stereocenters. The standard InChI is InChI=1S/C15H17N3O2/c1-9-10(2)20-15(16-9)18-14(19)17-13-8-12(13)11-6-4-3-5-7-11/h3-7,12-13H,8H2,1-2H3,(H2,16,17,18,19). The van der Waals surface area contributed by atoms with Crippen molar-refractivity contribution in [1.82, 2.24) is 10.3 Å². The number of carbonyl (C=O) groups excluding carboxylic acids is 1. The van der Waals surface area contributed by atoms with Crippen molar-refractivity contribution in [3.63, 3.8) is 0 Å². The zero-order valence-electron chi connectivity index (χ0n) is 11.5. The van der Waals surface area contributed by atoms with Crippen LogP contribution in [0.4, 0.5) is 10.8 Å². The maximum absolute atomic E-state index is 11.8. The molecule has 1 aromatic heterocycles. The average Bonchev–Trinajstić information content (AvgIpc) is 3.11. The molecule has 1 aromatic carbocycles. The van der Waals surface area contributed by atoms with Gasteiger partial charge in [-0.15, -0.1) is 0 Å². The summed E-state index contributed by atoms with van der Waals surface area (Å²) in [5.41, 5.74) is 2.05. The van der Waals surface area contributed by atoms with Gasteiger partial charge >= 0.3 is 12.0 Å². The fraction of sp³-hybridized carbons (Fsp3) is 0.333. The van der Waals surface area contributed by atoms with E-state index < -0.39 is 0 Å². The first-order valence-electron chi connectivity index (χ1n) is 6.70. The largest absolute Gasteiger partial charge is 0.428 e. The number of hydrogen-bond acceptors (Lipinski definition) is 3. The lowest BCUT2D eigenvalue weighted by Gasteiger charge is -2.04. The molecule has 1 saturated carbocycles. The highest BCUT2D eigenvalue weighted by molar-refractivity contribution is 5.87. The molecule has 0 bridgehead atoms. The van der Waals surface area contributed by atoms with E-state index >= 15 is 0 Å². The predicted octanol–water partition coefficient (Wildman–Crippen LogP) is 2.97. The van der Waals surface area contributed by atoms with Gasteiger partial charge in [0, 0.05) is 12.0 Å². The minimum atomic E-state index is -0.269. The fourth-order valence-corrected chi connectivity index (χ4v) is 2.25. The minimum absolute atomic E-state index is 0.189. The molecule has 1 fully saturated rings. The van der Waals surface area contributed by atoms with Crippen LogP contribution in [-0.4, -0.2) is 17.1 Å². The van der Waals surface area contributed by atoms with Gasteiger partial charge in [0.15, 0.2) is 0 Å². The topological polar surface area (TPSA) is 67.2 Å². The Balaban J connectivity index is 1.54. The molecular formula is C15H17N3O2. The van der Waals surface area contributed by atoms with Crippen LogP contribution in [0.3, 0.4) is 0 Å². The Morgan fingerprint density at radius 3 is 2.70 bits per heavy atom. The molecular weight excluding hydrogens is 254 g/mol. The summed E-state index contributed by atoms with van der Waals surface area (Å²) in [5.74, 6) is 1.13. The second kappa shape index (κ2) is 5.00. The van der Waals surface area contributed by atoms with Gasteiger partial charge < -0.3 is 9.73 Å². The number of urea groups is 1. The van der Waals surface area contributed by atoms with Crippen LogP contribution in [0, 0.1) is 13.8 Å². The van der Waals surface area contributed by atoms with E-state index in [9.17, 15) is 4.79 Å². The van der Waals surface area contributed by atoms with E-state index in [1.807, 2.05) is 32.0 Å². The van der Waals surface area contributed by atoms with E-state index in [1.165, 1.54) is 5.56 Å². The van der Waals surface area contributed by atoms with Gasteiger partial charge in [-0.2, -0.15) is 4.98 Å². The molecule has 104 valence electrons. The number of nitrogens with zero attached hydrogens (tertiary/aromatic N) is 1. The molecule has 20 heavy (non-hydrogen) atoms. The third-order valence-corrected chi connectivity index (χ3v) is 3.58. The monoisotopic (exact) mass is 271 g/mol. The van der Waals surface area contributed by atoms with Crippen LogP contribution in [-0.2, 0) is 0 Å². The Hall–Kier alpha value is -2.30. The number of hydrogen-bond donors (Lipinski definition) is 2. The third-order valence-electron chi connectivity index (χ3n) is 3.58. The van der Waals surface area contributed by atoms with E-state index in [1.54, 1.807) is 0 Å². The lowest BCUT2D eigenvalue weighted by molar-refractivity contribution is 0.251. The van der Waals surface area contributed by atoms with Crippen LogP contribution in [0.1, 0.15) is 29.4 Å². The highest BCUT2D eigenvalue weighted by Gasteiger charge is 2.39.